The number of aliphatic hydroxyl groups excluding tert-OH is 5. The summed E-state index contributed by atoms with van der Waals surface area (Å²) in [6.07, 6.45) is -6.81. The van der Waals surface area contributed by atoms with Gasteiger partial charge in [0, 0.05) is 0 Å². The molecule has 21 heavy (non-hydrogen) atoms. The number of carbonyl (C=O) groups is 1. The Bertz CT molecular complexity index is 468. The summed E-state index contributed by atoms with van der Waals surface area (Å²) in [6, 6.07) is 6.13. The summed E-state index contributed by atoms with van der Waals surface area (Å²) < 4.78 is 4.77. The largest absolute Gasteiger partial charge is 0.459 e. The van der Waals surface area contributed by atoms with E-state index in [2.05, 4.69) is 0 Å². The summed E-state index contributed by atoms with van der Waals surface area (Å²) in [5.41, 5.74) is 0.0943. The number of carbonyl (C=O) groups excluding carboxylic acids is 1. The smallest absolute Gasteiger partial charge is 0.339 e. The molecule has 1 aromatic carbocycles. The van der Waals surface area contributed by atoms with Gasteiger partial charge in [0.1, 0.15) is 31.0 Å². The zero-order valence-electron chi connectivity index (χ0n) is 11.0. The second kappa shape index (κ2) is 8.28. The highest BCUT2D eigenvalue weighted by molar-refractivity contribution is 6.33. The molecule has 0 radical (unpaired) electrons. The highest BCUT2D eigenvalue weighted by atomic mass is 35.5. The molecular weight excluding hydrogens is 304 g/mol. The fourth-order valence-corrected chi connectivity index (χ4v) is 1.74. The zero-order valence-corrected chi connectivity index (χ0v) is 11.7. The number of hydrogen-bond donors (Lipinski definition) is 5. The second-order valence-corrected chi connectivity index (χ2v) is 4.78. The Morgan fingerprint density at radius 2 is 1.67 bits per heavy atom. The van der Waals surface area contributed by atoms with Gasteiger partial charge in [-0.3, -0.25) is 0 Å². The number of esters is 1. The number of aliphatic hydroxyl groups is 5. The topological polar surface area (TPSA) is 127 Å². The van der Waals surface area contributed by atoms with Gasteiger partial charge in [-0.1, -0.05) is 23.7 Å². The van der Waals surface area contributed by atoms with Crippen LogP contribution in [0.25, 0.3) is 0 Å². The molecule has 4 unspecified atom stereocenters. The molecule has 0 saturated heterocycles. The van der Waals surface area contributed by atoms with Crippen molar-refractivity contribution in [2.75, 3.05) is 13.2 Å². The van der Waals surface area contributed by atoms with Gasteiger partial charge in [0.2, 0.25) is 0 Å². The summed E-state index contributed by atoms with van der Waals surface area (Å²) in [6.45, 7) is -1.40. The summed E-state index contributed by atoms with van der Waals surface area (Å²) >= 11 is 5.79. The third-order valence-electron chi connectivity index (χ3n) is 2.80. The SMILES string of the molecule is O=C(OCC(O)C(O)C(O)C(O)CO)c1ccccc1Cl. The maximum atomic E-state index is 11.7. The molecule has 4 atom stereocenters. The van der Waals surface area contributed by atoms with Crippen molar-refractivity contribution in [2.45, 2.75) is 24.4 Å². The van der Waals surface area contributed by atoms with Gasteiger partial charge in [0.05, 0.1) is 17.2 Å². The van der Waals surface area contributed by atoms with E-state index in [-0.39, 0.29) is 10.6 Å². The summed E-state index contributed by atoms with van der Waals surface area (Å²) in [5.74, 6) is -0.802. The Morgan fingerprint density at radius 3 is 2.24 bits per heavy atom. The molecule has 0 aliphatic heterocycles. The Labute approximate surface area is 126 Å². The molecule has 1 aromatic rings. The fraction of sp³-hybridized carbons (Fsp3) is 0.462. The Balaban J connectivity index is 2.55. The van der Waals surface area contributed by atoms with E-state index in [0.29, 0.717) is 0 Å². The molecule has 7 nitrogen and oxygen atoms in total. The minimum Gasteiger partial charge on any atom is -0.459 e. The molecule has 0 spiro atoms. The lowest BCUT2D eigenvalue weighted by atomic mass is 10.0. The second-order valence-electron chi connectivity index (χ2n) is 4.38. The van der Waals surface area contributed by atoms with Crippen LogP contribution in [0.2, 0.25) is 5.02 Å². The Morgan fingerprint density at radius 1 is 1.10 bits per heavy atom. The zero-order chi connectivity index (χ0) is 16.0. The van der Waals surface area contributed by atoms with Crippen molar-refractivity contribution in [3.8, 4) is 0 Å². The molecule has 118 valence electrons. The first-order valence-electron chi connectivity index (χ1n) is 6.13. The first-order chi connectivity index (χ1) is 9.88. The summed E-state index contributed by atoms with van der Waals surface area (Å²) in [5, 5.41) is 46.5. The minimum absolute atomic E-state index is 0.0943. The molecule has 0 aliphatic rings. The van der Waals surface area contributed by atoms with Crippen molar-refractivity contribution in [3.63, 3.8) is 0 Å². The van der Waals surface area contributed by atoms with Crippen molar-refractivity contribution in [2.24, 2.45) is 0 Å². The van der Waals surface area contributed by atoms with Crippen LogP contribution < -0.4 is 0 Å². The van der Waals surface area contributed by atoms with Crippen LogP contribution in [0.5, 0.6) is 0 Å². The highest BCUT2D eigenvalue weighted by Crippen LogP contribution is 2.16. The quantitative estimate of drug-likeness (QED) is 0.405. The number of benzene rings is 1. The molecule has 0 aliphatic carbocycles. The highest BCUT2D eigenvalue weighted by Gasteiger charge is 2.30. The molecule has 0 fully saturated rings. The Kier molecular flexibility index (Phi) is 7.03. The molecule has 1 rings (SSSR count). The van der Waals surface area contributed by atoms with Crippen LogP contribution in [0, 0.1) is 0 Å². The van der Waals surface area contributed by atoms with Crippen molar-refractivity contribution < 1.29 is 35.1 Å². The minimum atomic E-state index is -1.79. The van der Waals surface area contributed by atoms with Gasteiger partial charge in [0.15, 0.2) is 0 Å². The first-order valence-corrected chi connectivity index (χ1v) is 6.51. The number of rotatable bonds is 7. The average molecular weight is 321 g/mol. The molecular formula is C13H17ClO7. The van der Waals surface area contributed by atoms with Crippen LogP contribution in [0.3, 0.4) is 0 Å². The van der Waals surface area contributed by atoms with Crippen LogP contribution in [-0.4, -0.2) is 69.1 Å². The number of halogens is 1. The van der Waals surface area contributed by atoms with Crippen molar-refractivity contribution in [3.05, 3.63) is 34.9 Å². The fourth-order valence-electron chi connectivity index (χ4n) is 1.53. The van der Waals surface area contributed by atoms with Gasteiger partial charge in [-0.25, -0.2) is 4.79 Å². The summed E-state index contributed by atoms with van der Waals surface area (Å²) in [4.78, 5) is 11.7. The van der Waals surface area contributed by atoms with Crippen molar-refractivity contribution in [1.29, 1.82) is 0 Å². The third kappa shape index (κ3) is 4.92. The van der Waals surface area contributed by atoms with E-state index in [1.807, 2.05) is 0 Å². The lowest BCUT2D eigenvalue weighted by molar-refractivity contribution is -0.124. The average Bonchev–Trinajstić information content (AvgIpc) is 2.50. The van der Waals surface area contributed by atoms with Gasteiger partial charge in [-0.15, -0.1) is 0 Å². The molecule has 0 bridgehead atoms. The predicted octanol–water partition coefficient (Wildman–Crippen LogP) is -1.07. The predicted molar refractivity (Wildman–Crippen MR) is 72.8 cm³/mol. The lowest BCUT2D eigenvalue weighted by Crippen LogP contribution is -2.47. The summed E-state index contributed by atoms with van der Waals surface area (Å²) in [7, 11) is 0. The normalized spacial score (nSPS) is 16.9. The first kappa shape index (κ1) is 17.8. The Hall–Kier alpha value is -1.22. The molecule has 8 heteroatoms. The third-order valence-corrected chi connectivity index (χ3v) is 3.13. The van der Waals surface area contributed by atoms with Crippen LogP contribution in [0.4, 0.5) is 0 Å². The van der Waals surface area contributed by atoms with E-state index < -0.39 is 43.6 Å². The molecule has 0 aromatic heterocycles. The van der Waals surface area contributed by atoms with Gasteiger partial charge in [-0.05, 0) is 12.1 Å². The molecule has 5 N–H and O–H groups in total. The standard InChI is InChI=1S/C13H17ClO7/c14-8-4-2-1-3-7(8)13(20)21-6-10(17)12(19)11(18)9(16)5-15/h1-4,9-12,15-19H,5-6H2. The number of ether oxygens (including phenoxy) is 1. The molecule has 0 heterocycles. The molecule has 0 amide bonds. The van der Waals surface area contributed by atoms with Gasteiger partial charge in [0.25, 0.3) is 0 Å². The van der Waals surface area contributed by atoms with E-state index in [4.69, 9.17) is 26.6 Å². The van der Waals surface area contributed by atoms with Crippen LogP contribution >= 0.6 is 11.6 Å². The lowest BCUT2D eigenvalue weighted by Gasteiger charge is -2.25. The van der Waals surface area contributed by atoms with Crippen molar-refractivity contribution in [1.82, 2.24) is 0 Å². The van der Waals surface area contributed by atoms with E-state index in [1.54, 1.807) is 12.1 Å². The van der Waals surface area contributed by atoms with Crippen LogP contribution in [-0.2, 0) is 4.74 Å². The van der Waals surface area contributed by atoms with Gasteiger partial charge in [-0.2, -0.15) is 0 Å². The van der Waals surface area contributed by atoms with E-state index >= 15 is 0 Å². The van der Waals surface area contributed by atoms with E-state index in [9.17, 15) is 20.1 Å². The van der Waals surface area contributed by atoms with Crippen molar-refractivity contribution >= 4 is 17.6 Å². The van der Waals surface area contributed by atoms with E-state index in [0.717, 1.165) is 0 Å². The maximum absolute atomic E-state index is 11.7. The maximum Gasteiger partial charge on any atom is 0.339 e. The van der Waals surface area contributed by atoms with Gasteiger partial charge < -0.3 is 30.3 Å². The van der Waals surface area contributed by atoms with Crippen LogP contribution in [0.15, 0.2) is 24.3 Å². The van der Waals surface area contributed by atoms with Gasteiger partial charge >= 0.3 is 5.97 Å². The number of hydrogen-bond acceptors (Lipinski definition) is 7. The van der Waals surface area contributed by atoms with Crippen LogP contribution in [0.1, 0.15) is 10.4 Å². The monoisotopic (exact) mass is 320 g/mol. The van der Waals surface area contributed by atoms with E-state index in [1.165, 1.54) is 12.1 Å². The molecule has 0 saturated carbocycles.